The SMILES string of the molecule is C=CCN(CC=C)C(CO)(CO)CC=C. The van der Waals surface area contributed by atoms with Gasteiger partial charge in [0.25, 0.3) is 0 Å². The third-order valence-corrected chi connectivity index (χ3v) is 2.48. The topological polar surface area (TPSA) is 43.7 Å². The van der Waals surface area contributed by atoms with Crippen molar-refractivity contribution in [3.05, 3.63) is 38.0 Å². The van der Waals surface area contributed by atoms with E-state index in [1.54, 1.807) is 18.2 Å². The van der Waals surface area contributed by atoms with Crippen LogP contribution in [0.1, 0.15) is 6.42 Å². The molecule has 0 saturated heterocycles. The first kappa shape index (κ1) is 14.1. The molecule has 0 spiro atoms. The summed E-state index contributed by atoms with van der Waals surface area (Å²) in [6, 6.07) is 0. The Morgan fingerprint density at radius 2 is 1.40 bits per heavy atom. The van der Waals surface area contributed by atoms with Gasteiger partial charge in [-0.2, -0.15) is 0 Å². The number of hydrogen-bond donors (Lipinski definition) is 2. The fourth-order valence-corrected chi connectivity index (χ4v) is 1.55. The first-order chi connectivity index (χ1) is 7.20. The van der Waals surface area contributed by atoms with Crippen molar-refractivity contribution in [3.8, 4) is 0 Å². The van der Waals surface area contributed by atoms with E-state index in [-0.39, 0.29) is 13.2 Å². The second kappa shape index (κ2) is 7.40. The third-order valence-electron chi connectivity index (χ3n) is 2.48. The summed E-state index contributed by atoms with van der Waals surface area (Å²) in [5.41, 5.74) is -0.663. The smallest absolute Gasteiger partial charge is 0.0713 e. The highest BCUT2D eigenvalue weighted by Gasteiger charge is 2.33. The molecule has 0 rings (SSSR count). The molecular weight excluding hydrogens is 190 g/mol. The first-order valence-corrected chi connectivity index (χ1v) is 5.00. The Kier molecular flexibility index (Phi) is 6.96. The monoisotopic (exact) mass is 211 g/mol. The molecule has 86 valence electrons. The summed E-state index contributed by atoms with van der Waals surface area (Å²) in [5.74, 6) is 0. The van der Waals surface area contributed by atoms with Crippen LogP contribution in [0.4, 0.5) is 0 Å². The normalized spacial score (nSPS) is 11.4. The van der Waals surface area contributed by atoms with Crippen molar-refractivity contribution in [1.82, 2.24) is 4.90 Å². The summed E-state index contributed by atoms with van der Waals surface area (Å²) >= 11 is 0. The van der Waals surface area contributed by atoms with Crippen molar-refractivity contribution < 1.29 is 10.2 Å². The molecule has 2 N–H and O–H groups in total. The number of rotatable bonds is 9. The maximum Gasteiger partial charge on any atom is 0.0713 e. The van der Waals surface area contributed by atoms with Crippen LogP contribution < -0.4 is 0 Å². The standard InChI is InChI=1S/C12H21NO2/c1-4-7-12(10-14,11-15)13(8-5-2)9-6-3/h4-6,14-15H,1-3,7-11H2. The van der Waals surface area contributed by atoms with E-state index in [1.165, 1.54) is 0 Å². The predicted molar refractivity (Wildman–Crippen MR) is 63.7 cm³/mol. The van der Waals surface area contributed by atoms with E-state index in [4.69, 9.17) is 0 Å². The van der Waals surface area contributed by atoms with Crippen LogP contribution in [0.15, 0.2) is 38.0 Å². The Morgan fingerprint density at radius 3 is 1.67 bits per heavy atom. The highest BCUT2D eigenvalue weighted by molar-refractivity contribution is 4.99. The van der Waals surface area contributed by atoms with Crippen LogP contribution >= 0.6 is 0 Å². The van der Waals surface area contributed by atoms with Gasteiger partial charge < -0.3 is 10.2 Å². The minimum Gasteiger partial charge on any atom is -0.394 e. The summed E-state index contributed by atoms with van der Waals surface area (Å²) in [5, 5.41) is 18.8. The van der Waals surface area contributed by atoms with Gasteiger partial charge in [0.15, 0.2) is 0 Å². The van der Waals surface area contributed by atoms with Crippen LogP contribution in [-0.2, 0) is 0 Å². The molecule has 3 heteroatoms. The summed E-state index contributed by atoms with van der Waals surface area (Å²) < 4.78 is 0. The van der Waals surface area contributed by atoms with Crippen LogP contribution in [0.2, 0.25) is 0 Å². The minimum absolute atomic E-state index is 0.114. The lowest BCUT2D eigenvalue weighted by atomic mass is 9.94. The van der Waals surface area contributed by atoms with Crippen molar-refractivity contribution >= 4 is 0 Å². The fraction of sp³-hybridized carbons (Fsp3) is 0.500. The van der Waals surface area contributed by atoms with Crippen molar-refractivity contribution in [2.24, 2.45) is 0 Å². The molecular formula is C12H21NO2. The maximum atomic E-state index is 9.41. The van der Waals surface area contributed by atoms with E-state index in [0.29, 0.717) is 19.5 Å². The molecule has 0 amide bonds. The molecule has 0 aromatic rings. The zero-order valence-electron chi connectivity index (χ0n) is 9.23. The number of aliphatic hydroxyl groups excluding tert-OH is 2. The molecule has 0 bridgehead atoms. The lowest BCUT2D eigenvalue weighted by Gasteiger charge is -2.40. The second-order valence-corrected chi connectivity index (χ2v) is 3.52. The first-order valence-electron chi connectivity index (χ1n) is 5.00. The van der Waals surface area contributed by atoms with E-state index < -0.39 is 5.54 Å². The lowest BCUT2D eigenvalue weighted by molar-refractivity contribution is 0.00164. The zero-order valence-corrected chi connectivity index (χ0v) is 9.23. The highest BCUT2D eigenvalue weighted by atomic mass is 16.3. The molecule has 15 heavy (non-hydrogen) atoms. The van der Waals surface area contributed by atoms with Gasteiger partial charge in [0.1, 0.15) is 0 Å². The highest BCUT2D eigenvalue weighted by Crippen LogP contribution is 2.19. The Labute approximate surface area is 92.0 Å². The van der Waals surface area contributed by atoms with Crippen molar-refractivity contribution in [1.29, 1.82) is 0 Å². The zero-order chi connectivity index (χ0) is 11.7. The Hall–Kier alpha value is -0.900. The van der Waals surface area contributed by atoms with Gasteiger partial charge in [0, 0.05) is 13.1 Å². The van der Waals surface area contributed by atoms with Crippen LogP contribution in [0.25, 0.3) is 0 Å². The van der Waals surface area contributed by atoms with E-state index in [9.17, 15) is 10.2 Å². The number of hydrogen-bond acceptors (Lipinski definition) is 3. The third kappa shape index (κ3) is 3.63. The lowest BCUT2D eigenvalue weighted by Crippen LogP contribution is -2.54. The van der Waals surface area contributed by atoms with Crippen LogP contribution in [-0.4, -0.2) is 47.0 Å². The Balaban J connectivity index is 4.84. The van der Waals surface area contributed by atoms with Crippen molar-refractivity contribution in [2.75, 3.05) is 26.3 Å². The quantitative estimate of drug-likeness (QED) is 0.558. The molecule has 0 aromatic carbocycles. The molecule has 0 aliphatic rings. The van der Waals surface area contributed by atoms with Gasteiger partial charge in [-0.25, -0.2) is 0 Å². The Bertz CT molecular complexity index is 200. The number of aliphatic hydroxyl groups is 2. The summed E-state index contributed by atoms with van der Waals surface area (Å²) in [6.45, 7) is 11.9. The number of nitrogens with zero attached hydrogens (tertiary/aromatic N) is 1. The molecule has 0 aliphatic heterocycles. The largest absolute Gasteiger partial charge is 0.394 e. The van der Waals surface area contributed by atoms with E-state index in [2.05, 4.69) is 19.7 Å². The Morgan fingerprint density at radius 1 is 0.933 bits per heavy atom. The average Bonchev–Trinajstić information content (AvgIpc) is 2.26. The van der Waals surface area contributed by atoms with E-state index in [1.807, 2.05) is 4.90 Å². The molecule has 0 fully saturated rings. The van der Waals surface area contributed by atoms with Gasteiger partial charge in [-0.05, 0) is 6.42 Å². The van der Waals surface area contributed by atoms with E-state index >= 15 is 0 Å². The van der Waals surface area contributed by atoms with Crippen LogP contribution in [0, 0.1) is 0 Å². The van der Waals surface area contributed by atoms with Gasteiger partial charge >= 0.3 is 0 Å². The predicted octanol–water partition coefficient (Wildman–Crippen LogP) is 0.960. The van der Waals surface area contributed by atoms with E-state index in [0.717, 1.165) is 0 Å². The maximum absolute atomic E-state index is 9.41. The second-order valence-electron chi connectivity index (χ2n) is 3.52. The van der Waals surface area contributed by atoms with Gasteiger partial charge in [-0.1, -0.05) is 18.2 Å². The van der Waals surface area contributed by atoms with Crippen molar-refractivity contribution in [3.63, 3.8) is 0 Å². The van der Waals surface area contributed by atoms with Gasteiger partial charge in [0.05, 0.1) is 18.8 Å². The molecule has 0 aliphatic carbocycles. The van der Waals surface area contributed by atoms with Crippen molar-refractivity contribution in [2.45, 2.75) is 12.0 Å². The molecule has 0 heterocycles. The van der Waals surface area contributed by atoms with Crippen LogP contribution in [0.3, 0.4) is 0 Å². The minimum atomic E-state index is -0.663. The molecule has 0 radical (unpaired) electrons. The molecule has 0 atom stereocenters. The molecule has 0 aromatic heterocycles. The summed E-state index contributed by atoms with van der Waals surface area (Å²) in [7, 11) is 0. The van der Waals surface area contributed by atoms with Crippen LogP contribution in [0.5, 0.6) is 0 Å². The van der Waals surface area contributed by atoms with Gasteiger partial charge in [-0.15, -0.1) is 19.7 Å². The molecule has 0 unspecified atom stereocenters. The van der Waals surface area contributed by atoms with Gasteiger partial charge in [-0.3, -0.25) is 4.90 Å². The molecule has 0 saturated carbocycles. The summed E-state index contributed by atoms with van der Waals surface area (Å²) in [6.07, 6.45) is 5.71. The molecule has 3 nitrogen and oxygen atoms in total. The van der Waals surface area contributed by atoms with Gasteiger partial charge in [0.2, 0.25) is 0 Å². The fourth-order valence-electron chi connectivity index (χ4n) is 1.55. The average molecular weight is 211 g/mol. The summed E-state index contributed by atoms with van der Waals surface area (Å²) in [4.78, 5) is 1.94.